The van der Waals surface area contributed by atoms with E-state index in [0.29, 0.717) is 12.1 Å². The summed E-state index contributed by atoms with van der Waals surface area (Å²) in [5, 5.41) is 1.88. The third-order valence-electron chi connectivity index (χ3n) is 4.73. The minimum Gasteiger partial charge on any atom is -0.303 e. The number of aldehydes is 1. The van der Waals surface area contributed by atoms with E-state index in [0.717, 1.165) is 35.1 Å². The zero-order valence-electron chi connectivity index (χ0n) is 16.4. The maximum Gasteiger partial charge on any atom is 0.328 e. The lowest BCUT2D eigenvalue weighted by molar-refractivity contribution is -0.577. The number of halogens is 4. The van der Waals surface area contributed by atoms with Gasteiger partial charge in [0.1, 0.15) is 29.4 Å². The normalized spacial score (nSPS) is 11.1. The first-order chi connectivity index (χ1) is 15.4. The Morgan fingerprint density at radius 3 is 2.47 bits per heavy atom. The number of rotatable bonds is 6. The number of fused-ring (bicyclic) bond motifs is 1. The Hall–Kier alpha value is -3.56. The Morgan fingerprint density at radius 2 is 1.78 bits per heavy atom. The number of hydrogen-bond donors (Lipinski definition) is 1. The highest BCUT2D eigenvalue weighted by Gasteiger charge is 2.21. The van der Waals surface area contributed by atoms with Crippen molar-refractivity contribution in [3.8, 4) is 16.9 Å². The van der Waals surface area contributed by atoms with Gasteiger partial charge in [-0.2, -0.15) is 9.97 Å². The van der Waals surface area contributed by atoms with Crippen molar-refractivity contribution < 1.29 is 23.3 Å². The largest absolute Gasteiger partial charge is 0.328 e. The van der Waals surface area contributed by atoms with Crippen LogP contribution in [-0.2, 0) is 4.79 Å². The highest BCUT2D eigenvalue weighted by atomic mass is 35.5. The number of aromatic nitrogens is 3. The van der Waals surface area contributed by atoms with Gasteiger partial charge in [-0.15, -0.1) is 0 Å². The van der Waals surface area contributed by atoms with E-state index >= 15 is 0 Å². The predicted octanol–water partition coefficient (Wildman–Crippen LogP) is 3.30. The fourth-order valence-electron chi connectivity index (χ4n) is 3.31. The monoisotopic (exact) mass is 459 g/mol. The molecule has 0 fully saturated rings. The SMILES string of the molecule is O=CCC[NH2+]c1nc(-c2ccc(F)cc2Cl)c2ccc(=O)n(-c3c(F)cccc3F)c2n1. The van der Waals surface area contributed by atoms with Crippen LogP contribution in [-0.4, -0.2) is 27.4 Å². The molecular weight excluding hydrogens is 445 g/mol. The molecule has 0 aliphatic rings. The maximum absolute atomic E-state index is 14.6. The lowest BCUT2D eigenvalue weighted by atomic mass is 10.1. The van der Waals surface area contributed by atoms with Crippen molar-refractivity contribution in [1.29, 1.82) is 0 Å². The van der Waals surface area contributed by atoms with Crippen molar-refractivity contribution in [2.75, 3.05) is 6.54 Å². The minimum absolute atomic E-state index is 0.0543. The number of quaternary nitrogens is 1. The van der Waals surface area contributed by atoms with E-state index in [9.17, 15) is 22.8 Å². The first kappa shape index (κ1) is 21.7. The van der Waals surface area contributed by atoms with E-state index < -0.39 is 28.7 Å². The van der Waals surface area contributed by atoms with Crippen LogP contribution in [0.1, 0.15) is 6.42 Å². The quantitative estimate of drug-likeness (QED) is 0.354. The first-order valence-electron chi connectivity index (χ1n) is 9.51. The van der Waals surface area contributed by atoms with E-state index in [-0.39, 0.29) is 34.1 Å². The molecule has 0 unspecified atom stereocenters. The van der Waals surface area contributed by atoms with Crippen molar-refractivity contribution in [1.82, 2.24) is 14.5 Å². The van der Waals surface area contributed by atoms with E-state index in [4.69, 9.17) is 11.6 Å². The molecule has 10 heteroatoms. The van der Waals surface area contributed by atoms with Crippen LogP contribution < -0.4 is 10.9 Å². The fraction of sp³-hybridized carbons (Fsp3) is 0.0909. The molecule has 0 saturated carbocycles. The zero-order chi connectivity index (χ0) is 22.8. The van der Waals surface area contributed by atoms with Gasteiger partial charge in [0.05, 0.1) is 23.7 Å². The molecule has 0 atom stereocenters. The highest BCUT2D eigenvalue weighted by Crippen LogP contribution is 2.33. The standard InChI is InChI=1S/C22H14ClF3N4O2/c23-15-11-12(24)5-6-13(15)19-14-7-8-18(32)30(20-16(25)3-1-4-17(20)26)21(14)29-22(28-19)27-9-2-10-31/h1,3-8,10-11H,2,9H2,(H,27,28,29)/p+1. The molecule has 4 aromatic rings. The molecule has 162 valence electrons. The van der Waals surface area contributed by atoms with E-state index in [1.54, 1.807) is 5.32 Å². The van der Waals surface area contributed by atoms with Crippen molar-refractivity contribution in [2.45, 2.75) is 6.42 Å². The third-order valence-corrected chi connectivity index (χ3v) is 5.04. The summed E-state index contributed by atoms with van der Waals surface area (Å²) < 4.78 is 43.6. The van der Waals surface area contributed by atoms with E-state index in [1.807, 2.05) is 0 Å². The zero-order valence-corrected chi connectivity index (χ0v) is 17.1. The van der Waals surface area contributed by atoms with Crippen molar-refractivity contribution in [3.05, 3.63) is 81.4 Å². The molecular formula is C22H15ClF3N4O2+. The van der Waals surface area contributed by atoms with Gasteiger partial charge in [-0.25, -0.2) is 13.2 Å². The average Bonchev–Trinajstić information content (AvgIpc) is 2.75. The molecule has 0 radical (unpaired) electrons. The summed E-state index contributed by atoms with van der Waals surface area (Å²) in [6.45, 7) is 0.302. The molecule has 2 N–H and O–H groups in total. The second kappa shape index (κ2) is 8.89. The molecule has 0 spiro atoms. The predicted molar refractivity (Wildman–Crippen MR) is 113 cm³/mol. The second-order valence-corrected chi connectivity index (χ2v) is 7.22. The van der Waals surface area contributed by atoms with E-state index in [2.05, 4.69) is 9.97 Å². The van der Waals surface area contributed by atoms with Gasteiger partial charge >= 0.3 is 5.95 Å². The van der Waals surface area contributed by atoms with Crippen molar-refractivity contribution in [3.63, 3.8) is 0 Å². The first-order valence-corrected chi connectivity index (χ1v) is 9.89. The van der Waals surface area contributed by atoms with Crippen molar-refractivity contribution >= 4 is 34.9 Å². The minimum atomic E-state index is -0.953. The average molecular weight is 460 g/mol. The molecule has 6 nitrogen and oxygen atoms in total. The van der Waals surface area contributed by atoms with Gasteiger partial charge in [0.15, 0.2) is 5.65 Å². The van der Waals surface area contributed by atoms with Crippen LogP contribution in [0.2, 0.25) is 5.02 Å². The Balaban J connectivity index is 2.08. The summed E-state index contributed by atoms with van der Waals surface area (Å²) in [5.74, 6) is -2.34. The van der Waals surface area contributed by atoms with Crippen LogP contribution in [0.25, 0.3) is 28.0 Å². The highest BCUT2D eigenvalue weighted by molar-refractivity contribution is 6.33. The number of carbonyl (C=O) groups excluding carboxylic acids is 1. The Labute approximate surface area is 184 Å². The maximum atomic E-state index is 14.6. The van der Waals surface area contributed by atoms with Crippen LogP contribution in [0.15, 0.2) is 53.3 Å². The second-order valence-electron chi connectivity index (χ2n) is 6.82. The fourth-order valence-corrected chi connectivity index (χ4v) is 3.57. The van der Waals surface area contributed by atoms with Crippen molar-refractivity contribution in [2.24, 2.45) is 0 Å². The molecule has 0 aliphatic heterocycles. The van der Waals surface area contributed by atoms with Gasteiger partial charge in [-0.3, -0.25) is 14.7 Å². The molecule has 0 bridgehead atoms. The number of para-hydroxylation sites is 1. The summed E-state index contributed by atoms with van der Waals surface area (Å²) in [4.78, 5) is 32.2. The summed E-state index contributed by atoms with van der Waals surface area (Å²) in [5.41, 5.74) is -0.788. The summed E-state index contributed by atoms with van der Waals surface area (Å²) >= 11 is 6.24. The molecule has 0 amide bonds. The van der Waals surface area contributed by atoms with Crippen LogP contribution in [0, 0.1) is 17.5 Å². The number of pyridine rings is 1. The number of nitrogens with two attached hydrogens (primary N) is 1. The van der Waals surface area contributed by atoms with Crippen LogP contribution >= 0.6 is 11.6 Å². The van der Waals surface area contributed by atoms with Gasteiger partial charge in [0.25, 0.3) is 5.56 Å². The number of nitrogens with zero attached hydrogens (tertiary/aromatic N) is 3. The molecule has 4 rings (SSSR count). The number of benzene rings is 2. The Kier molecular flexibility index (Phi) is 6.02. The summed E-state index contributed by atoms with van der Waals surface area (Å²) in [7, 11) is 0. The summed E-state index contributed by atoms with van der Waals surface area (Å²) in [6, 6.07) is 9.49. The summed E-state index contributed by atoms with van der Waals surface area (Å²) in [6.07, 6.45) is 0.928. The van der Waals surface area contributed by atoms with Gasteiger partial charge in [0.2, 0.25) is 0 Å². The topological polar surface area (TPSA) is 81.5 Å². The molecule has 0 saturated heterocycles. The number of hydrogen-bond acceptors (Lipinski definition) is 4. The lowest BCUT2D eigenvalue weighted by Gasteiger charge is -2.14. The smallest absolute Gasteiger partial charge is 0.303 e. The molecule has 2 aromatic heterocycles. The lowest BCUT2D eigenvalue weighted by Crippen LogP contribution is -2.79. The molecule has 0 aliphatic carbocycles. The molecule has 2 heterocycles. The van der Waals surface area contributed by atoms with Gasteiger partial charge in [-0.05, 0) is 36.4 Å². The molecule has 32 heavy (non-hydrogen) atoms. The van der Waals surface area contributed by atoms with Crippen LogP contribution in [0.3, 0.4) is 0 Å². The van der Waals surface area contributed by atoms with Gasteiger partial charge < -0.3 is 4.79 Å². The Bertz CT molecular complexity index is 1390. The number of carbonyl (C=O) groups is 1. The van der Waals surface area contributed by atoms with E-state index in [1.165, 1.54) is 24.3 Å². The van der Waals surface area contributed by atoms with Gasteiger partial charge in [-0.1, -0.05) is 17.7 Å². The Morgan fingerprint density at radius 1 is 1.03 bits per heavy atom. The molecule has 2 aromatic carbocycles. The van der Waals surface area contributed by atoms with Crippen LogP contribution in [0.5, 0.6) is 0 Å². The van der Waals surface area contributed by atoms with Crippen LogP contribution in [0.4, 0.5) is 19.1 Å². The van der Waals surface area contributed by atoms with Gasteiger partial charge in [0, 0.05) is 17.0 Å². The third kappa shape index (κ3) is 4.00.